The van der Waals surface area contributed by atoms with Crippen LogP contribution in [0.15, 0.2) is 59.5 Å². The summed E-state index contributed by atoms with van der Waals surface area (Å²) in [5.41, 5.74) is 1.08. The van der Waals surface area contributed by atoms with Crippen molar-refractivity contribution in [1.29, 1.82) is 0 Å². The van der Waals surface area contributed by atoms with Crippen LogP contribution in [0.1, 0.15) is 61.1 Å². The molecule has 0 radical (unpaired) electrons. The minimum absolute atomic E-state index is 0.0106. The number of sulfonamides is 1. The molecule has 0 saturated heterocycles. The fourth-order valence-electron chi connectivity index (χ4n) is 3.43. The minimum atomic E-state index is -3.99. The molecule has 2 N–H and O–H groups in total. The second-order valence-corrected chi connectivity index (χ2v) is 9.08. The van der Waals surface area contributed by atoms with Gasteiger partial charge in [0.1, 0.15) is 6.10 Å². The zero-order valence-electron chi connectivity index (χ0n) is 16.8. The van der Waals surface area contributed by atoms with E-state index < -0.39 is 28.1 Å². The van der Waals surface area contributed by atoms with Crippen molar-refractivity contribution in [2.75, 3.05) is 0 Å². The summed E-state index contributed by atoms with van der Waals surface area (Å²) in [6.07, 6.45) is 4.38. The van der Waals surface area contributed by atoms with Crippen molar-refractivity contribution >= 4 is 22.0 Å². The van der Waals surface area contributed by atoms with E-state index in [1.54, 1.807) is 43.3 Å². The largest absolute Gasteiger partial charge is 0.454 e. The number of benzene rings is 2. The molecule has 0 aliphatic heterocycles. The van der Waals surface area contributed by atoms with Crippen LogP contribution < -0.4 is 10.0 Å². The van der Waals surface area contributed by atoms with Gasteiger partial charge in [0.15, 0.2) is 0 Å². The second kappa shape index (κ2) is 9.75. The van der Waals surface area contributed by atoms with Gasteiger partial charge in [0, 0.05) is 6.04 Å². The molecule has 0 heterocycles. The number of rotatable bonds is 6. The first-order chi connectivity index (χ1) is 14.3. The van der Waals surface area contributed by atoms with Gasteiger partial charge >= 0.3 is 12.0 Å². The predicted molar refractivity (Wildman–Crippen MR) is 112 cm³/mol. The van der Waals surface area contributed by atoms with Crippen LogP contribution in [0.4, 0.5) is 4.79 Å². The molecule has 1 fully saturated rings. The Morgan fingerprint density at radius 2 is 1.60 bits per heavy atom. The minimum Gasteiger partial charge on any atom is -0.454 e. The number of hydrogen-bond acceptors (Lipinski definition) is 5. The molecule has 160 valence electrons. The predicted octanol–water partition coefficient (Wildman–Crippen LogP) is 3.93. The Balaban J connectivity index is 1.59. The number of amides is 2. The SMILES string of the molecule is CC(OC(=O)c1ccccc1)c1ccc(S(=O)(=O)NC(=O)NC2CCCCC2)cc1. The lowest BCUT2D eigenvalue weighted by atomic mass is 9.96. The summed E-state index contributed by atoms with van der Waals surface area (Å²) in [5, 5.41) is 2.72. The third kappa shape index (κ3) is 5.82. The molecular formula is C22H26N2O5S. The number of nitrogens with one attached hydrogen (secondary N) is 2. The monoisotopic (exact) mass is 430 g/mol. The molecule has 1 aliphatic carbocycles. The van der Waals surface area contributed by atoms with Gasteiger partial charge in [-0.1, -0.05) is 49.6 Å². The van der Waals surface area contributed by atoms with Crippen LogP contribution in [0, 0.1) is 0 Å². The molecule has 0 bridgehead atoms. The third-order valence-electron chi connectivity index (χ3n) is 5.12. The summed E-state index contributed by atoms with van der Waals surface area (Å²) >= 11 is 0. The highest BCUT2D eigenvalue weighted by atomic mass is 32.2. The van der Waals surface area contributed by atoms with Gasteiger partial charge in [-0.2, -0.15) is 0 Å². The summed E-state index contributed by atoms with van der Waals surface area (Å²) in [5.74, 6) is -0.458. The molecule has 2 amide bonds. The number of urea groups is 1. The van der Waals surface area contributed by atoms with Crippen molar-refractivity contribution in [3.8, 4) is 0 Å². The second-order valence-electron chi connectivity index (χ2n) is 7.40. The topological polar surface area (TPSA) is 102 Å². The number of ether oxygens (including phenoxy) is 1. The quantitative estimate of drug-likeness (QED) is 0.676. The highest BCUT2D eigenvalue weighted by Gasteiger charge is 2.22. The summed E-state index contributed by atoms with van der Waals surface area (Å²) in [6.45, 7) is 1.71. The molecule has 2 aromatic rings. The maximum absolute atomic E-state index is 12.5. The average Bonchev–Trinajstić information content (AvgIpc) is 2.74. The van der Waals surface area contributed by atoms with E-state index in [1.807, 2.05) is 6.07 Å². The fourth-order valence-corrected chi connectivity index (χ4v) is 4.35. The Morgan fingerprint density at radius 3 is 2.23 bits per heavy atom. The zero-order chi connectivity index (χ0) is 21.6. The standard InChI is InChI=1S/C22H26N2O5S/c1-16(29-21(25)18-8-4-2-5-9-18)17-12-14-20(15-13-17)30(27,28)24-22(26)23-19-10-6-3-7-11-19/h2,4-5,8-9,12-16,19H,3,6-7,10-11H2,1H3,(H2,23,24,26). The van der Waals surface area contributed by atoms with Gasteiger partial charge in [0.2, 0.25) is 0 Å². The lowest BCUT2D eigenvalue weighted by molar-refractivity contribution is 0.0337. The zero-order valence-corrected chi connectivity index (χ0v) is 17.7. The molecule has 1 aliphatic rings. The van der Waals surface area contributed by atoms with Gasteiger partial charge in [0.05, 0.1) is 10.5 Å². The molecule has 1 saturated carbocycles. The molecule has 0 aromatic heterocycles. The lowest BCUT2D eigenvalue weighted by Gasteiger charge is -2.22. The highest BCUT2D eigenvalue weighted by molar-refractivity contribution is 7.90. The van der Waals surface area contributed by atoms with E-state index >= 15 is 0 Å². The van der Waals surface area contributed by atoms with Crippen molar-refractivity contribution in [2.24, 2.45) is 0 Å². The molecule has 8 heteroatoms. The summed E-state index contributed by atoms with van der Waals surface area (Å²) in [4.78, 5) is 24.2. The Morgan fingerprint density at radius 1 is 0.967 bits per heavy atom. The van der Waals surface area contributed by atoms with Crippen LogP contribution in [-0.4, -0.2) is 26.5 Å². The van der Waals surface area contributed by atoms with Crippen molar-refractivity contribution in [3.05, 3.63) is 65.7 Å². The van der Waals surface area contributed by atoms with E-state index in [4.69, 9.17) is 4.74 Å². The number of esters is 1. The number of carbonyl (C=O) groups excluding carboxylic acids is 2. The van der Waals surface area contributed by atoms with E-state index in [-0.39, 0.29) is 10.9 Å². The summed E-state index contributed by atoms with van der Waals surface area (Å²) in [7, 11) is -3.99. The third-order valence-corrected chi connectivity index (χ3v) is 6.47. The molecule has 3 rings (SSSR count). The normalized spacial score (nSPS) is 15.8. The summed E-state index contributed by atoms with van der Waals surface area (Å²) in [6, 6.07) is 13.8. The first kappa shape index (κ1) is 21.8. The molecule has 30 heavy (non-hydrogen) atoms. The summed E-state index contributed by atoms with van der Waals surface area (Å²) < 4.78 is 32.4. The van der Waals surface area contributed by atoms with Crippen molar-refractivity contribution in [3.63, 3.8) is 0 Å². The van der Waals surface area contributed by atoms with Crippen LogP contribution >= 0.6 is 0 Å². The van der Waals surface area contributed by atoms with Gasteiger partial charge in [-0.3, -0.25) is 0 Å². The molecule has 0 spiro atoms. The highest BCUT2D eigenvalue weighted by Crippen LogP contribution is 2.21. The molecule has 7 nitrogen and oxygen atoms in total. The first-order valence-electron chi connectivity index (χ1n) is 10.0. The van der Waals surface area contributed by atoms with Crippen LogP contribution in [-0.2, 0) is 14.8 Å². The fraction of sp³-hybridized carbons (Fsp3) is 0.364. The molecule has 1 unspecified atom stereocenters. The maximum Gasteiger partial charge on any atom is 0.338 e. The van der Waals surface area contributed by atoms with Crippen LogP contribution in [0.2, 0.25) is 0 Å². The number of carbonyl (C=O) groups is 2. The van der Waals surface area contributed by atoms with Gasteiger partial charge in [-0.05, 0) is 49.6 Å². The van der Waals surface area contributed by atoms with E-state index in [1.165, 1.54) is 12.1 Å². The molecule has 1 atom stereocenters. The first-order valence-corrected chi connectivity index (χ1v) is 11.5. The van der Waals surface area contributed by atoms with Crippen LogP contribution in [0.5, 0.6) is 0 Å². The Bertz CT molecular complexity index is 968. The van der Waals surface area contributed by atoms with Crippen molar-refractivity contribution < 1.29 is 22.7 Å². The van der Waals surface area contributed by atoms with E-state index in [2.05, 4.69) is 10.0 Å². The smallest absolute Gasteiger partial charge is 0.338 e. The van der Waals surface area contributed by atoms with Crippen LogP contribution in [0.3, 0.4) is 0 Å². The van der Waals surface area contributed by atoms with E-state index in [0.29, 0.717) is 11.1 Å². The Labute approximate surface area is 176 Å². The van der Waals surface area contributed by atoms with Crippen molar-refractivity contribution in [1.82, 2.24) is 10.0 Å². The Hall–Kier alpha value is -2.87. The lowest BCUT2D eigenvalue weighted by Crippen LogP contribution is -2.45. The van der Waals surface area contributed by atoms with E-state index in [9.17, 15) is 18.0 Å². The van der Waals surface area contributed by atoms with Crippen LogP contribution in [0.25, 0.3) is 0 Å². The van der Waals surface area contributed by atoms with E-state index in [0.717, 1.165) is 32.1 Å². The van der Waals surface area contributed by atoms with Gasteiger partial charge < -0.3 is 10.1 Å². The number of hydrogen-bond donors (Lipinski definition) is 2. The van der Waals surface area contributed by atoms with Crippen molar-refractivity contribution in [2.45, 2.75) is 56.1 Å². The van der Waals surface area contributed by atoms with Gasteiger partial charge in [-0.25, -0.2) is 22.7 Å². The molecular weight excluding hydrogens is 404 g/mol. The maximum atomic E-state index is 12.5. The van der Waals surface area contributed by atoms with Gasteiger partial charge in [-0.15, -0.1) is 0 Å². The van der Waals surface area contributed by atoms with Gasteiger partial charge in [0.25, 0.3) is 10.0 Å². The molecule has 2 aromatic carbocycles. The Kier molecular flexibility index (Phi) is 7.10. The average molecular weight is 431 g/mol.